The average Bonchev–Trinajstić information content (AvgIpc) is 2.22. The van der Waals surface area contributed by atoms with Crippen molar-refractivity contribution < 1.29 is 30.0 Å². The minimum Gasteiger partial charge on any atom is -0.394 e. The van der Waals surface area contributed by atoms with Gasteiger partial charge in [0.2, 0.25) is 5.91 Å². The summed E-state index contributed by atoms with van der Waals surface area (Å²) in [7, 11) is 0. The van der Waals surface area contributed by atoms with Gasteiger partial charge < -0.3 is 30.5 Å². The van der Waals surface area contributed by atoms with Gasteiger partial charge in [-0.3, -0.25) is 4.79 Å². The Kier molecular flexibility index (Phi) is 6.02. The number of carbonyl (C=O) groups is 2. The van der Waals surface area contributed by atoms with Crippen LogP contribution in [0.15, 0.2) is 0 Å². The summed E-state index contributed by atoms with van der Waals surface area (Å²) in [5.41, 5.74) is 0. The number of rotatable bonds is 6. The standard InChI is InChI=1S/C8H15NO6/c1-4(12)9-7(5(13)2-10)8(15)6(14)3-11/h2,5-8,11,13-15H,3H2,1H3,(H,9,12)/t5-,6+,7+,8-/m0/s1. The molecule has 0 bridgehead atoms. The monoisotopic (exact) mass is 221 g/mol. The normalized spacial score (nSPS) is 18.7. The van der Waals surface area contributed by atoms with Crippen LogP contribution in [0.3, 0.4) is 0 Å². The van der Waals surface area contributed by atoms with Crippen LogP contribution in [0.5, 0.6) is 0 Å². The van der Waals surface area contributed by atoms with Crippen molar-refractivity contribution in [1.82, 2.24) is 5.32 Å². The maximum absolute atomic E-state index is 10.7. The lowest BCUT2D eigenvalue weighted by Gasteiger charge is -2.27. The van der Waals surface area contributed by atoms with Gasteiger partial charge in [-0.2, -0.15) is 0 Å². The van der Waals surface area contributed by atoms with Crippen LogP contribution in [0.2, 0.25) is 0 Å². The van der Waals surface area contributed by atoms with E-state index in [0.717, 1.165) is 6.92 Å². The Labute approximate surface area is 86.3 Å². The van der Waals surface area contributed by atoms with E-state index in [9.17, 15) is 14.7 Å². The fourth-order valence-corrected chi connectivity index (χ4v) is 1.04. The molecule has 0 fully saturated rings. The molecule has 7 nitrogen and oxygen atoms in total. The highest BCUT2D eigenvalue weighted by Crippen LogP contribution is 2.04. The summed E-state index contributed by atoms with van der Waals surface area (Å²) >= 11 is 0. The van der Waals surface area contributed by atoms with Crippen LogP contribution in [0, 0.1) is 0 Å². The van der Waals surface area contributed by atoms with Gasteiger partial charge in [-0.05, 0) is 0 Å². The Hall–Kier alpha value is -1.02. The average molecular weight is 221 g/mol. The quantitative estimate of drug-likeness (QED) is 0.300. The molecular weight excluding hydrogens is 206 g/mol. The molecule has 0 aromatic heterocycles. The van der Waals surface area contributed by atoms with Crippen LogP contribution in [-0.4, -0.2) is 63.6 Å². The van der Waals surface area contributed by atoms with E-state index in [1.807, 2.05) is 0 Å². The molecule has 0 spiro atoms. The van der Waals surface area contributed by atoms with E-state index in [1.165, 1.54) is 0 Å². The van der Waals surface area contributed by atoms with E-state index >= 15 is 0 Å². The molecule has 0 saturated carbocycles. The van der Waals surface area contributed by atoms with Crippen molar-refractivity contribution in [3.05, 3.63) is 0 Å². The van der Waals surface area contributed by atoms with Gasteiger partial charge in [0.25, 0.3) is 0 Å². The third-order valence-electron chi connectivity index (χ3n) is 1.83. The molecule has 0 radical (unpaired) electrons. The number of aldehydes is 1. The molecule has 0 aliphatic heterocycles. The summed E-state index contributed by atoms with van der Waals surface area (Å²) in [6, 6.07) is -1.35. The van der Waals surface area contributed by atoms with Crippen molar-refractivity contribution in [2.45, 2.75) is 31.3 Å². The Morgan fingerprint density at radius 2 is 1.93 bits per heavy atom. The highest BCUT2D eigenvalue weighted by atomic mass is 16.4. The van der Waals surface area contributed by atoms with Gasteiger partial charge in [-0.15, -0.1) is 0 Å². The first-order chi connectivity index (χ1) is 6.93. The molecule has 0 aromatic carbocycles. The van der Waals surface area contributed by atoms with Crippen molar-refractivity contribution in [3.8, 4) is 0 Å². The van der Waals surface area contributed by atoms with Crippen molar-refractivity contribution in [1.29, 1.82) is 0 Å². The number of carbonyl (C=O) groups excluding carboxylic acids is 2. The number of aliphatic hydroxyl groups excluding tert-OH is 4. The maximum Gasteiger partial charge on any atom is 0.217 e. The summed E-state index contributed by atoms with van der Waals surface area (Å²) in [5, 5.41) is 38.3. The second kappa shape index (κ2) is 6.46. The van der Waals surface area contributed by atoms with Gasteiger partial charge in [0.05, 0.1) is 12.6 Å². The fourth-order valence-electron chi connectivity index (χ4n) is 1.04. The molecule has 1 amide bonds. The molecule has 0 saturated heterocycles. The van der Waals surface area contributed by atoms with Crippen LogP contribution in [0.1, 0.15) is 6.92 Å². The second-order valence-electron chi connectivity index (χ2n) is 3.09. The minimum absolute atomic E-state index is 0.119. The smallest absolute Gasteiger partial charge is 0.217 e. The molecule has 0 aromatic rings. The molecule has 0 aliphatic carbocycles. The summed E-state index contributed by atoms with van der Waals surface area (Å²) in [4.78, 5) is 21.0. The first-order valence-corrected chi connectivity index (χ1v) is 4.31. The van der Waals surface area contributed by atoms with Crippen LogP contribution in [0.25, 0.3) is 0 Å². The molecule has 4 atom stereocenters. The Balaban J connectivity index is 4.60. The third kappa shape index (κ3) is 4.34. The second-order valence-corrected chi connectivity index (χ2v) is 3.09. The van der Waals surface area contributed by atoms with Crippen molar-refractivity contribution >= 4 is 12.2 Å². The molecule has 15 heavy (non-hydrogen) atoms. The van der Waals surface area contributed by atoms with Crippen molar-refractivity contribution in [3.63, 3.8) is 0 Å². The summed E-state index contributed by atoms with van der Waals surface area (Å²) < 4.78 is 0. The molecule has 0 rings (SSSR count). The van der Waals surface area contributed by atoms with Gasteiger partial charge in [-0.25, -0.2) is 0 Å². The van der Waals surface area contributed by atoms with E-state index in [1.54, 1.807) is 0 Å². The van der Waals surface area contributed by atoms with Crippen LogP contribution >= 0.6 is 0 Å². The number of amides is 1. The fraction of sp³-hybridized carbons (Fsp3) is 0.750. The molecule has 0 heterocycles. The van der Waals surface area contributed by atoms with Crippen molar-refractivity contribution in [2.75, 3.05) is 6.61 Å². The van der Waals surface area contributed by atoms with Crippen LogP contribution in [-0.2, 0) is 9.59 Å². The van der Waals surface area contributed by atoms with Gasteiger partial charge in [0.15, 0.2) is 6.29 Å². The maximum atomic E-state index is 10.7. The van der Waals surface area contributed by atoms with Crippen LogP contribution < -0.4 is 5.32 Å². The zero-order chi connectivity index (χ0) is 12.0. The lowest BCUT2D eigenvalue weighted by Crippen LogP contribution is -2.55. The Morgan fingerprint density at radius 1 is 1.40 bits per heavy atom. The summed E-state index contributed by atoms with van der Waals surface area (Å²) in [6.07, 6.45) is -4.70. The number of aliphatic hydroxyl groups is 4. The van der Waals surface area contributed by atoms with Gasteiger partial charge in [0, 0.05) is 6.92 Å². The molecular formula is C8H15NO6. The van der Waals surface area contributed by atoms with Crippen molar-refractivity contribution in [2.24, 2.45) is 0 Å². The lowest BCUT2D eigenvalue weighted by molar-refractivity contribution is -0.128. The lowest BCUT2D eigenvalue weighted by atomic mass is 10.0. The minimum atomic E-state index is -1.65. The third-order valence-corrected chi connectivity index (χ3v) is 1.83. The van der Waals surface area contributed by atoms with E-state index in [-0.39, 0.29) is 6.29 Å². The number of hydrogen-bond donors (Lipinski definition) is 5. The molecule has 7 heteroatoms. The SMILES string of the molecule is CC(=O)N[C@@H]([C@@H](O)[C@H](O)CO)[C@@H](O)C=O. The van der Waals surface area contributed by atoms with Gasteiger partial charge in [0.1, 0.15) is 18.3 Å². The Morgan fingerprint density at radius 3 is 2.27 bits per heavy atom. The summed E-state index contributed by atoms with van der Waals surface area (Å²) in [5.74, 6) is -0.579. The van der Waals surface area contributed by atoms with Gasteiger partial charge in [-0.1, -0.05) is 0 Å². The molecule has 5 N–H and O–H groups in total. The van der Waals surface area contributed by atoms with Gasteiger partial charge >= 0.3 is 0 Å². The summed E-state index contributed by atoms with van der Waals surface area (Å²) in [6.45, 7) is 0.380. The van der Waals surface area contributed by atoms with E-state index in [0.29, 0.717) is 0 Å². The zero-order valence-corrected chi connectivity index (χ0v) is 8.20. The molecule has 0 unspecified atom stereocenters. The first-order valence-electron chi connectivity index (χ1n) is 4.31. The topological polar surface area (TPSA) is 127 Å². The zero-order valence-electron chi connectivity index (χ0n) is 8.20. The van der Waals surface area contributed by atoms with Crippen LogP contribution in [0.4, 0.5) is 0 Å². The molecule has 88 valence electrons. The number of hydrogen-bond acceptors (Lipinski definition) is 6. The van der Waals surface area contributed by atoms with E-state index in [4.69, 9.17) is 15.3 Å². The largest absolute Gasteiger partial charge is 0.394 e. The number of nitrogens with one attached hydrogen (secondary N) is 1. The van der Waals surface area contributed by atoms with E-state index < -0.39 is 36.9 Å². The first kappa shape index (κ1) is 14.0. The highest BCUT2D eigenvalue weighted by Gasteiger charge is 2.32. The Bertz CT molecular complexity index is 221. The molecule has 0 aliphatic rings. The highest BCUT2D eigenvalue weighted by molar-refractivity contribution is 5.74. The predicted octanol–water partition coefficient (Wildman–Crippen LogP) is -3.24. The predicted molar refractivity (Wildman–Crippen MR) is 48.8 cm³/mol. The van der Waals surface area contributed by atoms with E-state index in [2.05, 4.69) is 5.32 Å².